The highest BCUT2D eigenvalue weighted by Crippen LogP contribution is 2.40. The third-order valence-electron chi connectivity index (χ3n) is 7.79. The molecule has 2 atom stereocenters. The van der Waals surface area contributed by atoms with Crippen molar-refractivity contribution in [2.45, 2.75) is 58.4 Å². The first-order chi connectivity index (χ1) is 18.0. The van der Waals surface area contributed by atoms with E-state index >= 15 is 0 Å². The molecule has 1 aliphatic heterocycles. The van der Waals surface area contributed by atoms with Gasteiger partial charge in [-0.05, 0) is 40.4 Å². The Balaban J connectivity index is 1.52. The Kier molecular flexibility index (Phi) is 7.48. The van der Waals surface area contributed by atoms with Crippen molar-refractivity contribution in [2.24, 2.45) is 5.92 Å². The minimum Gasteiger partial charge on any atom is -0.407 e. The van der Waals surface area contributed by atoms with Crippen molar-refractivity contribution in [3.63, 3.8) is 0 Å². The Morgan fingerprint density at radius 2 is 1.63 bits per heavy atom. The van der Waals surface area contributed by atoms with E-state index in [4.69, 9.17) is 9.16 Å². The molecule has 2 heterocycles. The lowest BCUT2D eigenvalue weighted by atomic mass is 9.92. The van der Waals surface area contributed by atoms with Gasteiger partial charge in [-0.1, -0.05) is 110 Å². The molecule has 0 bridgehead atoms. The van der Waals surface area contributed by atoms with Crippen LogP contribution in [0.2, 0.25) is 5.04 Å². The average Bonchev–Trinajstić information content (AvgIpc) is 3.18. The Morgan fingerprint density at radius 1 is 1.03 bits per heavy atom. The third kappa shape index (κ3) is 4.82. The average molecular weight is 593 g/mol. The normalized spacial score (nSPS) is 18.9. The summed E-state index contributed by atoms with van der Waals surface area (Å²) >= 11 is 3.66. The molecule has 0 amide bonds. The van der Waals surface area contributed by atoms with Crippen molar-refractivity contribution in [1.29, 1.82) is 0 Å². The van der Waals surface area contributed by atoms with Gasteiger partial charge in [0.05, 0.1) is 18.9 Å². The second-order valence-electron chi connectivity index (χ2n) is 11.9. The highest BCUT2D eigenvalue weighted by molar-refractivity contribution is 9.10. The zero-order valence-corrected chi connectivity index (χ0v) is 25.6. The van der Waals surface area contributed by atoms with E-state index < -0.39 is 13.9 Å². The smallest absolute Gasteiger partial charge is 0.261 e. The van der Waals surface area contributed by atoms with E-state index in [-0.39, 0.29) is 11.0 Å². The molecule has 38 heavy (non-hydrogen) atoms. The van der Waals surface area contributed by atoms with Crippen LogP contribution in [0.4, 0.5) is 0 Å². The van der Waals surface area contributed by atoms with Crippen LogP contribution >= 0.6 is 15.9 Å². The predicted octanol–water partition coefficient (Wildman–Crippen LogP) is 6.35. The van der Waals surface area contributed by atoms with Crippen LogP contribution in [0.3, 0.4) is 0 Å². The lowest BCUT2D eigenvalue weighted by Crippen LogP contribution is -2.66. The van der Waals surface area contributed by atoms with Crippen molar-refractivity contribution < 1.29 is 14.3 Å². The van der Waals surface area contributed by atoms with Gasteiger partial charge in [0, 0.05) is 34.1 Å². The number of hydrogen-bond acceptors (Lipinski definition) is 3. The molecule has 0 radical (unpaired) electrons. The molecule has 0 aliphatic carbocycles. The highest BCUT2D eigenvalue weighted by Gasteiger charge is 2.50. The van der Waals surface area contributed by atoms with E-state index in [0.717, 1.165) is 33.2 Å². The molecule has 0 fully saturated rings. The van der Waals surface area contributed by atoms with E-state index in [9.17, 15) is 5.11 Å². The van der Waals surface area contributed by atoms with Crippen molar-refractivity contribution in [1.82, 2.24) is 4.57 Å². The number of halogens is 1. The zero-order valence-electron chi connectivity index (χ0n) is 23.0. The topological polar surface area (TPSA) is 43.6 Å². The van der Waals surface area contributed by atoms with Gasteiger partial charge in [0.2, 0.25) is 0 Å². The monoisotopic (exact) mass is 591 g/mol. The fourth-order valence-electron chi connectivity index (χ4n) is 6.15. The summed E-state index contributed by atoms with van der Waals surface area (Å²) in [7, 11) is -2.61. The van der Waals surface area contributed by atoms with Crippen molar-refractivity contribution in [3.8, 4) is 0 Å². The summed E-state index contributed by atoms with van der Waals surface area (Å²) in [6, 6.07) is 27.9. The lowest BCUT2D eigenvalue weighted by molar-refractivity contribution is -0.0613. The number of rotatable bonds is 7. The van der Waals surface area contributed by atoms with Crippen LogP contribution in [0.25, 0.3) is 10.9 Å². The zero-order chi connectivity index (χ0) is 27.1. The maximum atomic E-state index is 11.2. The van der Waals surface area contributed by atoms with Crippen molar-refractivity contribution in [3.05, 3.63) is 94.6 Å². The first-order valence-corrected chi connectivity index (χ1v) is 16.1. The molecule has 4 nitrogen and oxygen atoms in total. The Hall–Kier alpha value is -2.22. The van der Waals surface area contributed by atoms with E-state index in [1.807, 2.05) is 13.0 Å². The molecule has 1 aliphatic rings. The first-order valence-electron chi connectivity index (χ1n) is 13.4. The minimum atomic E-state index is -2.61. The number of nitrogens with zero attached hydrogens (tertiary/aromatic N) is 1. The Labute approximate surface area is 235 Å². The molecular weight excluding hydrogens is 554 g/mol. The SMILES string of the molecule is C[C@H](CO[Si](c1ccccc1)(c1ccccc1)C(C)(C)C)Cn1c2c(c3ccc(Br)cc31)C(C)(O)COC2. The number of ether oxygens (including phenoxy) is 1. The molecule has 4 aromatic rings. The lowest BCUT2D eigenvalue weighted by Gasteiger charge is -2.43. The second-order valence-corrected chi connectivity index (χ2v) is 17.2. The standard InChI is InChI=1S/C32H38BrNO3Si/c1-23(19-34-28-18-24(33)16-17-27(28)30-29(34)21-36-22-32(30,5)35)20-37-38(31(2,3)4,25-12-8-6-9-13-25)26-14-10-7-11-15-26/h6-18,23,35H,19-22H2,1-5H3/t23-,32?/m0/s1. The Bertz CT molecular complexity index is 1370. The van der Waals surface area contributed by atoms with Gasteiger partial charge < -0.3 is 18.8 Å². The van der Waals surface area contributed by atoms with Crippen LogP contribution in [0.1, 0.15) is 45.9 Å². The molecule has 0 saturated heterocycles. The van der Waals surface area contributed by atoms with Gasteiger partial charge in [-0.3, -0.25) is 0 Å². The summed E-state index contributed by atoms with van der Waals surface area (Å²) in [5.74, 6) is 0.238. The first kappa shape index (κ1) is 27.3. The maximum absolute atomic E-state index is 11.2. The van der Waals surface area contributed by atoms with Crippen LogP contribution in [0, 0.1) is 5.92 Å². The van der Waals surface area contributed by atoms with Crippen LogP contribution < -0.4 is 10.4 Å². The maximum Gasteiger partial charge on any atom is 0.261 e. The number of aromatic nitrogens is 1. The fraction of sp³-hybridized carbons (Fsp3) is 0.375. The summed E-state index contributed by atoms with van der Waals surface area (Å²) in [5, 5.41) is 14.8. The number of aliphatic hydroxyl groups is 1. The molecule has 0 saturated carbocycles. The third-order valence-corrected chi connectivity index (χ3v) is 13.3. The quantitative estimate of drug-likeness (QED) is 0.254. The van der Waals surface area contributed by atoms with Gasteiger partial charge in [0.25, 0.3) is 8.32 Å². The number of fused-ring (bicyclic) bond motifs is 3. The van der Waals surface area contributed by atoms with E-state index in [0.29, 0.717) is 19.8 Å². The summed E-state index contributed by atoms with van der Waals surface area (Å²) < 4.78 is 16.5. The van der Waals surface area contributed by atoms with Gasteiger partial charge in [0.15, 0.2) is 0 Å². The van der Waals surface area contributed by atoms with Crippen LogP contribution in [-0.2, 0) is 27.9 Å². The van der Waals surface area contributed by atoms with Crippen molar-refractivity contribution in [2.75, 3.05) is 13.2 Å². The van der Waals surface area contributed by atoms with Gasteiger partial charge in [-0.2, -0.15) is 0 Å². The summed E-state index contributed by atoms with van der Waals surface area (Å²) in [6.45, 7) is 13.3. The second kappa shape index (κ2) is 10.4. The van der Waals surface area contributed by atoms with Gasteiger partial charge >= 0.3 is 0 Å². The molecule has 1 N–H and O–H groups in total. The molecule has 1 unspecified atom stereocenters. The molecule has 0 spiro atoms. The summed E-state index contributed by atoms with van der Waals surface area (Å²) in [6.07, 6.45) is 0. The molecule has 3 aromatic carbocycles. The molecule has 5 rings (SSSR count). The molecular formula is C32H38BrNO3Si. The predicted molar refractivity (Wildman–Crippen MR) is 162 cm³/mol. The molecule has 1 aromatic heterocycles. The van der Waals surface area contributed by atoms with Crippen LogP contribution in [-0.4, -0.2) is 31.2 Å². The highest BCUT2D eigenvalue weighted by atomic mass is 79.9. The molecule has 200 valence electrons. The largest absolute Gasteiger partial charge is 0.407 e. The van der Waals surface area contributed by atoms with Crippen LogP contribution in [0.15, 0.2) is 83.3 Å². The van der Waals surface area contributed by atoms with Gasteiger partial charge in [0.1, 0.15) is 5.60 Å². The summed E-state index contributed by atoms with van der Waals surface area (Å²) in [5.41, 5.74) is 2.16. The Morgan fingerprint density at radius 3 is 2.21 bits per heavy atom. The van der Waals surface area contributed by atoms with Crippen molar-refractivity contribution >= 4 is 45.5 Å². The molecule has 6 heteroatoms. The van der Waals surface area contributed by atoms with E-state index in [1.54, 1.807) is 0 Å². The number of hydrogen-bond donors (Lipinski definition) is 1. The van der Waals surface area contributed by atoms with E-state index in [2.05, 4.69) is 121 Å². The van der Waals surface area contributed by atoms with Crippen LogP contribution in [0.5, 0.6) is 0 Å². The van der Waals surface area contributed by atoms with E-state index in [1.165, 1.54) is 10.4 Å². The fourth-order valence-corrected chi connectivity index (χ4v) is 11.2. The summed E-state index contributed by atoms with van der Waals surface area (Å²) in [4.78, 5) is 0. The minimum absolute atomic E-state index is 0.0633. The van der Waals surface area contributed by atoms with Gasteiger partial charge in [-0.25, -0.2) is 0 Å². The van der Waals surface area contributed by atoms with Gasteiger partial charge in [-0.15, -0.1) is 0 Å². The number of benzene rings is 3.